The molecule has 0 spiro atoms. The third-order valence-corrected chi connectivity index (χ3v) is 2.99. The van der Waals surface area contributed by atoms with Gasteiger partial charge in [-0.15, -0.1) is 0 Å². The number of nitrogens with one attached hydrogen (secondary N) is 1. The van der Waals surface area contributed by atoms with Crippen LogP contribution in [0.5, 0.6) is 0 Å². The number of rotatable bonds is 5. The minimum atomic E-state index is -0.694. The third-order valence-electron chi connectivity index (χ3n) is 2.73. The van der Waals surface area contributed by atoms with E-state index in [1.807, 2.05) is 0 Å². The molecule has 23 heavy (non-hydrogen) atoms. The molecule has 0 fully saturated rings. The van der Waals surface area contributed by atoms with Crippen LogP contribution < -0.4 is 5.32 Å². The summed E-state index contributed by atoms with van der Waals surface area (Å²) in [4.78, 5) is 23.1. The number of amides is 1. The van der Waals surface area contributed by atoms with Gasteiger partial charge in [0.2, 0.25) is 0 Å². The second-order valence-corrected chi connectivity index (χ2v) is 4.99. The monoisotopic (exact) mass is 333 g/mol. The molecular formula is C17H13ClFNO3. The zero-order valence-electron chi connectivity index (χ0n) is 12.0. The molecule has 0 aromatic heterocycles. The number of carbonyl (C=O) groups excluding carboxylic acids is 2. The molecule has 0 atom stereocenters. The van der Waals surface area contributed by atoms with Gasteiger partial charge in [0.25, 0.3) is 5.91 Å². The number of hydrogen-bond acceptors (Lipinski definition) is 3. The molecule has 2 aromatic carbocycles. The van der Waals surface area contributed by atoms with E-state index in [1.54, 1.807) is 30.3 Å². The molecule has 118 valence electrons. The summed E-state index contributed by atoms with van der Waals surface area (Å²) in [6.07, 6.45) is 2.53. The first-order valence-electron chi connectivity index (χ1n) is 6.69. The van der Waals surface area contributed by atoms with Crippen LogP contribution >= 0.6 is 11.6 Å². The fourth-order valence-corrected chi connectivity index (χ4v) is 1.82. The van der Waals surface area contributed by atoms with Crippen molar-refractivity contribution in [2.45, 2.75) is 0 Å². The molecule has 2 rings (SSSR count). The van der Waals surface area contributed by atoms with E-state index in [-0.39, 0.29) is 0 Å². The number of carbonyl (C=O) groups is 2. The lowest BCUT2D eigenvalue weighted by Gasteiger charge is -2.05. The lowest BCUT2D eigenvalue weighted by atomic mass is 10.2. The average Bonchev–Trinajstić information content (AvgIpc) is 2.53. The number of benzene rings is 2. The molecule has 0 aliphatic carbocycles. The van der Waals surface area contributed by atoms with Crippen LogP contribution in [0.25, 0.3) is 6.08 Å². The highest BCUT2D eigenvalue weighted by atomic mass is 35.5. The molecule has 2 aromatic rings. The zero-order valence-corrected chi connectivity index (χ0v) is 12.7. The number of hydrogen-bond donors (Lipinski definition) is 1. The van der Waals surface area contributed by atoms with Crippen LogP contribution in [0.4, 0.5) is 10.1 Å². The molecule has 6 heteroatoms. The minimum Gasteiger partial charge on any atom is -0.452 e. The standard InChI is InChI=1S/C17H13ClFNO3/c18-13-5-7-15(8-6-13)20-16(21)11-23-17(22)9-4-12-2-1-3-14(19)10-12/h1-10H,11H2,(H,20,21)/b9-4+. The molecule has 0 saturated carbocycles. The fourth-order valence-electron chi connectivity index (χ4n) is 1.69. The maximum atomic E-state index is 13.0. The smallest absolute Gasteiger partial charge is 0.331 e. The maximum absolute atomic E-state index is 13.0. The Morgan fingerprint density at radius 1 is 1.17 bits per heavy atom. The van der Waals surface area contributed by atoms with E-state index < -0.39 is 24.3 Å². The summed E-state index contributed by atoms with van der Waals surface area (Å²) in [5, 5.41) is 3.11. The highest BCUT2D eigenvalue weighted by Crippen LogP contribution is 2.13. The van der Waals surface area contributed by atoms with E-state index in [2.05, 4.69) is 5.32 Å². The second-order valence-electron chi connectivity index (χ2n) is 4.55. The molecule has 0 saturated heterocycles. The average molecular weight is 334 g/mol. The molecule has 1 N–H and O–H groups in total. The number of ether oxygens (including phenoxy) is 1. The summed E-state index contributed by atoms with van der Waals surface area (Å²) < 4.78 is 17.8. The molecule has 1 amide bonds. The van der Waals surface area contributed by atoms with Gasteiger partial charge in [0.05, 0.1) is 0 Å². The Bertz CT molecular complexity index is 729. The van der Waals surface area contributed by atoms with Crippen molar-refractivity contribution in [3.63, 3.8) is 0 Å². The molecule has 0 aliphatic heterocycles. The minimum absolute atomic E-state index is 0.400. The summed E-state index contributed by atoms with van der Waals surface area (Å²) in [7, 11) is 0. The van der Waals surface area contributed by atoms with E-state index in [0.29, 0.717) is 16.3 Å². The second kappa shape index (κ2) is 8.10. The first-order chi connectivity index (χ1) is 11.0. The van der Waals surface area contributed by atoms with Crippen molar-refractivity contribution >= 4 is 35.2 Å². The first-order valence-corrected chi connectivity index (χ1v) is 7.06. The largest absolute Gasteiger partial charge is 0.452 e. The summed E-state index contributed by atoms with van der Waals surface area (Å²) in [5.74, 6) is -1.57. The Labute approximate surface area is 137 Å². The highest BCUT2D eigenvalue weighted by Gasteiger charge is 2.05. The van der Waals surface area contributed by atoms with Crippen LogP contribution in [0, 0.1) is 5.82 Å². The van der Waals surface area contributed by atoms with E-state index in [9.17, 15) is 14.0 Å². The van der Waals surface area contributed by atoms with Crippen LogP contribution in [0.3, 0.4) is 0 Å². The predicted molar refractivity (Wildman–Crippen MR) is 86.5 cm³/mol. The van der Waals surface area contributed by atoms with Crippen molar-refractivity contribution in [2.75, 3.05) is 11.9 Å². The van der Waals surface area contributed by atoms with Gasteiger partial charge in [0.15, 0.2) is 6.61 Å². The van der Waals surface area contributed by atoms with E-state index in [0.717, 1.165) is 6.08 Å². The van der Waals surface area contributed by atoms with Crippen molar-refractivity contribution < 1.29 is 18.7 Å². The van der Waals surface area contributed by atoms with Crippen molar-refractivity contribution in [1.29, 1.82) is 0 Å². The van der Waals surface area contributed by atoms with Crippen molar-refractivity contribution in [3.05, 3.63) is 71.0 Å². The van der Waals surface area contributed by atoms with Crippen molar-refractivity contribution in [1.82, 2.24) is 0 Å². The van der Waals surface area contributed by atoms with Gasteiger partial charge in [0.1, 0.15) is 5.82 Å². The van der Waals surface area contributed by atoms with Gasteiger partial charge in [-0.2, -0.15) is 0 Å². The van der Waals surface area contributed by atoms with E-state index in [1.165, 1.54) is 24.3 Å². The Hall–Kier alpha value is -2.66. The van der Waals surface area contributed by atoms with Gasteiger partial charge in [0, 0.05) is 16.8 Å². The van der Waals surface area contributed by atoms with Gasteiger partial charge < -0.3 is 10.1 Å². The molecule has 0 heterocycles. The molecule has 0 radical (unpaired) electrons. The van der Waals surface area contributed by atoms with Gasteiger partial charge in [-0.05, 0) is 48.0 Å². The quantitative estimate of drug-likeness (QED) is 0.671. The Kier molecular flexibility index (Phi) is 5.88. The summed E-state index contributed by atoms with van der Waals surface area (Å²) in [6.45, 7) is -0.422. The normalized spacial score (nSPS) is 10.5. The number of esters is 1. The van der Waals surface area contributed by atoms with Crippen LogP contribution in [-0.4, -0.2) is 18.5 Å². The van der Waals surface area contributed by atoms with Crippen LogP contribution in [0.15, 0.2) is 54.6 Å². The molecule has 0 unspecified atom stereocenters. The topological polar surface area (TPSA) is 55.4 Å². The molecular weight excluding hydrogens is 321 g/mol. The van der Waals surface area contributed by atoms with Gasteiger partial charge in [-0.25, -0.2) is 9.18 Å². The number of anilines is 1. The summed E-state index contributed by atoms with van der Waals surface area (Å²) in [5.41, 5.74) is 1.07. The zero-order chi connectivity index (χ0) is 16.7. The SMILES string of the molecule is O=C(COC(=O)/C=C/c1cccc(F)c1)Nc1ccc(Cl)cc1. The highest BCUT2D eigenvalue weighted by molar-refractivity contribution is 6.30. The third kappa shape index (κ3) is 5.92. The van der Waals surface area contributed by atoms with Crippen molar-refractivity contribution in [2.24, 2.45) is 0 Å². The van der Waals surface area contributed by atoms with E-state index in [4.69, 9.17) is 16.3 Å². The predicted octanol–water partition coefficient (Wildman–Crippen LogP) is 3.67. The lowest BCUT2D eigenvalue weighted by molar-refractivity contribution is -0.142. The van der Waals surface area contributed by atoms with Crippen LogP contribution in [0.2, 0.25) is 5.02 Å². The molecule has 4 nitrogen and oxygen atoms in total. The lowest BCUT2D eigenvalue weighted by Crippen LogP contribution is -2.20. The summed E-state index contributed by atoms with van der Waals surface area (Å²) in [6, 6.07) is 12.3. The molecule has 0 aliphatic rings. The van der Waals surface area contributed by atoms with Crippen LogP contribution in [0.1, 0.15) is 5.56 Å². The number of halogens is 2. The summed E-state index contributed by atoms with van der Waals surface area (Å²) >= 11 is 5.73. The Morgan fingerprint density at radius 3 is 2.61 bits per heavy atom. The van der Waals surface area contributed by atoms with Gasteiger partial charge >= 0.3 is 5.97 Å². The maximum Gasteiger partial charge on any atom is 0.331 e. The Balaban J connectivity index is 1.79. The van der Waals surface area contributed by atoms with Gasteiger partial charge in [-0.3, -0.25) is 4.79 Å². The van der Waals surface area contributed by atoms with Crippen molar-refractivity contribution in [3.8, 4) is 0 Å². The van der Waals surface area contributed by atoms with Gasteiger partial charge in [-0.1, -0.05) is 23.7 Å². The van der Waals surface area contributed by atoms with E-state index >= 15 is 0 Å². The first kappa shape index (κ1) is 16.7. The molecule has 0 bridgehead atoms. The fraction of sp³-hybridized carbons (Fsp3) is 0.0588. The Morgan fingerprint density at radius 2 is 1.91 bits per heavy atom. The van der Waals surface area contributed by atoms with Crippen LogP contribution in [-0.2, 0) is 14.3 Å².